The second-order valence-electron chi connectivity index (χ2n) is 4.19. The molecule has 15 heavy (non-hydrogen) atoms. The summed E-state index contributed by atoms with van der Waals surface area (Å²) < 4.78 is 0. The molecule has 5 heteroatoms. The zero-order chi connectivity index (χ0) is 10.3. The van der Waals surface area contributed by atoms with E-state index < -0.39 is 0 Å². The maximum atomic E-state index is 11.7. The Morgan fingerprint density at radius 3 is 3.07 bits per heavy atom. The number of hydrogen-bond acceptors (Lipinski definition) is 4. The lowest BCUT2D eigenvalue weighted by atomic mass is 10.1. The van der Waals surface area contributed by atoms with Crippen molar-refractivity contribution in [3.05, 3.63) is 21.6 Å². The highest BCUT2D eigenvalue weighted by Crippen LogP contribution is 2.22. The Kier molecular flexibility index (Phi) is 1.98. The van der Waals surface area contributed by atoms with Crippen molar-refractivity contribution in [2.75, 3.05) is 11.9 Å². The van der Waals surface area contributed by atoms with Crippen molar-refractivity contribution in [2.24, 2.45) is 0 Å². The van der Waals surface area contributed by atoms with Crippen molar-refractivity contribution < 1.29 is 0 Å². The number of anilines is 1. The number of rotatable bonds is 2. The van der Waals surface area contributed by atoms with Crippen molar-refractivity contribution in [1.82, 2.24) is 15.3 Å². The van der Waals surface area contributed by atoms with Crippen LogP contribution in [0.25, 0.3) is 0 Å². The predicted octanol–water partition coefficient (Wildman–Crippen LogP) is -0.0101. The molecule has 0 aromatic carbocycles. The monoisotopic (exact) mass is 206 g/mol. The maximum Gasteiger partial charge on any atom is 0.257 e. The molecule has 1 fully saturated rings. The van der Waals surface area contributed by atoms with Crippen molar-refractivity contribution >= 4 is 5.95 Å². The molecule has 0 saturated heterocycles. The van der Waals surface area contributed by atoms with Gasteiger partial charge < -0.3 is 10.6 Å². The largest absolute Gasteiger partial charge is 0.353 e. The minimum atomic E-state index is -0.00431. The first-order valence-electron chi connectivity index (χ1n) is 5.42. The quantitative estimate of drug-likeness (QED) is 0.636. The molecule has 3 N–H and O–H groups in total. The summed E-state index contributed by atoms with van der Waals surface area (Å²) in [4.78, 5) is 18.9. The van der Waals surface area contributed by atoms with Gasteiger partial charge in [0.1, 0.15) is 0 Å². The zero-order valence-electron chi connectivity index (χ0n) is 8.47. The van der Waals surface area contributed by atoms with Gasteiger partial charge in [-0.05, 0) is 12.8 Å². The van der Waals surface area contributed by atoms with E-state index in [4.69, 9.17) is 0 Å². The standard InChI is InChI=1S/C10H14N4O/c15-9-7-5-11-4-3-8(7)13-10(14-9)12-6-1-2-6/h6,11H,1-5H2,(H2,12,13,14,15). The molecule has 0 radical (unpaired) electrons. The van der Waals surface area contributed by atoms with E-state index in [-0.39, 0.29) is 5.56 Å². The molecule has 0 amide bonds. The van der Waals surface area contributed by atoms with Crippen LogP contribution in [0.5, 0.6) is 0 Å². The SMILES string of the molecule is O=c1[nH]c(NC2CC2)nc2c1CNCC2. The molecule has 0 bridgehead atoms. The maximum absolute atomic E-state index is 11.7. The summed E-state index contributed by atoms with van der Waals surface area (Å²) in [6.07, 6.45) is 3.21. The van der Waals surface area contributed by atoms with Gasteiger partial charge >= 0.3 is 0 Å². The molecule has 2 aliphatic rings. The number of H-pyrrole nitrogens is 1. The molecule has 2 heterocycles. The number of fused-ring (bicyclic) bond motifs is 1. The Hall–Kier alpha value is -1.36. The van der Waals surface area contributed by atoms with E-state index in [0.29, 0.717) is 18.5 Å². The lowest BCUT2D eigenvalue weighted by molar-refractivity contribution is 0.621. The second kappa shape index (κ2) is 3.34. The molecule has 1 saturated carbocycles. The van der Waals surface area contributed by atoms with Gasteiger partial charge in [0.15, 0.2) is 0 Å². The van der Waals surface area contributed by atoms with Crippen molar-refractivity contribution in [3.8, 4) is 0 Å². The Morgan fingerprint density at radius 1 is 1.40 bits per heavy atom. The number of nitrogens with one attached hydrogen (secondary N) is 3. The van der Waals surface area contributed by atoms with Crippen LogP contribution in [-0.4, -0.2) is 22.6 Å². The third-order valence-electron chi connectivity index (χ3n) is 2.86. The summed E-state index contributed by atoms with van der Waals surface area (Å²) in [5.41, 5.74) is 1.73. The smallest absolute Gasteiger partial charge is 0.257 e. The van der Waals surface area contributed by atoms with Crippen LogP contribution in [0.3, 0.4) is 0 Å². The minimum Gasteiger partial charge on any atom is -0.353 e. The fourth-order valence-corrected chi connectivity index (χ4v) is 1.84. The van der Waals surface area contributed by atoms with E-state index in [1.54, 1.807) is 0 Å². The van der Waals surface area contributed by atoms with Crippen LogP contribution in [0.15, 0.2) is 4.79 Å². The molecule has 1 aliphatic heterocycles. The first kappa shape index (κ1) is 8.91. The normalized spacial score (nSPS) is 19.7. The molecule has 1 aliphatic carbocycles. The van der Waals surface area contributed by atoms with Crippen LogP contribution in [0.2, 0.25) is 0 Å². The van der Waals surface area contributed by atoms with Gasteiger partial charge in [-0.2, -0.15) is 0 Å². The van der Waals surface area contributed by atoms with E-state index in [1.165, 1.54) is 12.8 Å². The van der Waals surface area contributed by atoms with Gasteiger partial charge in [0.2, 0.25) is 5.95 Å². The van der Waals surface area contributed by atoms with Crippen LogP contribution in [0.1, 0.15) is 24.1 Å². The number of nitrogens with zero attached hydrogens (tertiary/aromatic N) is 1. The van der Waals surface area contributed by atoms with Crippen molar-refractivity contribution in [1.29, 1.82) is 0 Å². The Balaban J connectivity index is 1.96. The molecule has 1 aromatic rings. The van der Waals surface area contributed by atoms with Gasteiger partial charge in [-0.1, -0.05) is 0 Å². The molecule has 0 atom stereocenters. The number of hydrogen-bond donors (Lipinski definition) is 3. The van der Waals surface area contributed by atoms with E-state index in [1.807, 2.05) is 0 Å². The molecule has 1 aromatic heterocycles. The van der Waals surface area contributed by atoms with Gasteiger partial charge in [0, 0.05) is 25.6 Å². The third-order valence-corrected chi connectivity index (χ3v) is 2.86. The van der Waals surface area contributed by atoms with Gasteiger partial charge in [-0.25, -0.2) is 4.98 Å². The average Bonchev–Trinajstić information content (AvgIpc) is 3.02. The van der Waals surface area contributed by atoms with E-state index in [2.05, 4.69) is 20.6 Å². The molecule has 80 valence electrons. The molecular formula is C10H14N4O. The molecule has 0 unspecified atom stereocenters. The van der Waals surface area contributed by atoms with Gasteiger partial charge in [-0.15, -0.1) is 0 Å². The fraction of sp³-hybridized carbons (Fsp3) is 0.600. The second-order valence-corrected chi connectivity index (χ2v) is 4.19. The van der Waals surface area contributed by atoms with Crippen LogP contribution < -0.4 is 16.2 Å². The van der Waals surface area contributed by atoms with E-state index in [0.717, 1.165) is 24.2 Å². The van der Waals surface area contributed by atoms with Crippen LogP contribution >= 0.6 is 0 Å². The fourth-order valence-electron chi connectivity index (χ4n) is 1.84. The molecule has 5 nitrogen and oxygen atoms in total. The predicted molar refractivity (Wildman–Crippen MR) is 56.9 cm³/mol. The van der Waals surface area contributed by atoms with Crippen molar-refractivity contribution in [2.45, 2.75) is 31.8 Å². The highest BCUT2D eigenvalue weighted by atomic mass is 16.1. The summed E-state index contributed by atoms with van der Waals surface area (Å²) in [5, 5.41) is 6.39. The summed E-state index contributed by atoms with van der Waals surface area (Å²) in [5.74, 6) is 0.642. The van der Waals surface area contributed by atoms with Crippen LogP contribution in [0.4, 0.5) is 5.95 Å². The Bertz CT molecular complexity index is 436. The zero-order valence-corrected chi connectivity index (χ0v) is 8.47. The summed E-state index contributed by atoms with van der Waals surface area (Å²) >= 11 is 0. The van der Waals surface area contributed by atoms with Gasteiger partial charge in [-0.3, -0.25) is 9.78 Å². The highest BCUT2D eigenvalue weighted by molar-refractivity contribution is 5.33. The lowest BCUT2D eigenvalue weighted by Crippen LogP contribution is -2.32. The summed E-state index contributed by atoms with van der Waals surface area (Å²) in [6, 6.07) is 0.521. The van der Waals surface area contributed by atoms with Gasteiger partial charge in [0.05, 0.1) is 11.3 Å². The highest BCUT2D eigenvalue weighted by Gasteiger charge is 2.23. The van der Waals surface area contributed by atoms with E-state index in [9.17, 15) is 4.79 Å². The van der Waals surface area contributed by atoms with Gasteiger partial charge in [0.25, 0.3) is 5.56 Å². The number of aromatic nitrogens is 2. The topological polar surface area (TPSA) is 69.8 Å². The average molecular weight is 206 g/mol. The first-order valence-corrected chi connectivity index (χ1v) is 5.42. The number of aromatic amines is 1. The van der Waals surface area contributed by atoms with Crippen molar-refractivity contribution in [3.63, 3.8) is 0 Å². The van der Waals surface area contributed by atoms with Crippen LogP contribution in [-0.2, 0) is 13.0 Å². The van der Waals surface area contributed by atoms with Crippen LogP contribution in [0, 0.1) is 0 Å². The summed E-state index contributed by atoms with van der Waals surface area (Å²) in [7, 11) is 0. The lowest BCUT2D eigenvalue weighted by Gasteiger charge is -2.16. The summed E-state index contributed by atoms with van der Waals surface area (Å²) in [6.45, 7) is 1.55. The first-order chi connectivity index (χ1) is 7.33. The Morgan fingerprint density at radius 2 is 2.27 bits per heavy atom. The molecule has 3 rings (SSSR count). The molecular weight excluding hydrogens is 192 g/mol. The Labute approximate surface area is 87.3 Å². The van der Waals surface area contributed by atoms with E-state index >= 15 is 0 Å². The molecule has 0 spiro atoms. The minimum absolute atomic E-state index is 0.00431. The third kappa shape index (κ3) is 1.74.